The summed E-state index contributed by atoms with van der Waals surface area (Å²) in [6.45, 7) is 3.65. The summed E-state index contributed by atoms with van der Waals surface area (Å²) in [5, 5.41) is 59.3. The van der Waals surface area contributed by atoms with Crippen molar-refractivity contribution in [2.75, 3.05) is 19.0 Å². The van der Waals surface area contributed by atoms with Crippen molar-refractivity contribution in [1.82, 2.24) is 51.0 Å². The molecule has 0 bridgehead atoms. The number of aliphatic hydroxyl groups excluding tert-OH is 2. The number of amides is 5. The number of hydrogen-bond donors (Lipinski definition) is 10. The molecule has 0 fully saturated rings. The summed E-state index contributed by atoms with van der Waals surface area (Å²) >= 11 is 5.68. The minimum absolute atomic E-state index is 0.00577. The molecule has 0 saturated heterocycles. The zero-order valence-electron chi connectivity index (χ0n) is 31.4. The number of benzene rings is 1. The molecule has 0 saturated carbocycles. The largest absolute Gasteiger partial charge is 0.508 e. The third kappa shape index (κ3) is 12.6. The average molecular weight is 822 g/mol. The molecule has 312 valence electrons. The Bertz CT molecular complexity index is 1940. The molecule has 0 spiro atoms. The van der Waals surface area contributed by atoms with Gasteiger partial charge in [0.2, 0.25) is 23.6 Å². The van der Waals surface area contributed by atoms with E-state index >= 15 is 0 Å². The number of nitrogens with two attached hydrogens (primary N) is 1. The number of imidazole rings is 1. The second-order valence-electron chi connectivity index (χ2n) is 13.4. The van der Waals surface area contributed by atoms with Crippen LogP contribution < -0.4 is 38.0 Å². The molecular formula is C34H48ClN11O11. The zero-order chi connectivity index (χ0) is 42.4. The number of halogens is 1. The predicted octanol–water partition coefficient (Wildman–Crippen LogP) is -3.25. The van der Waals surface area contributed by atoms with E-state index in [0.717, 1.165) is 15.4 Å². The number of hydrogen-bond acceptors (Lipinski definition) is 14. The van der Waals surface area contributed by atoms with Gasteiger partial charge in [0, 0.05) is 12.3 Å². The van der Waals surface area contributed by atoms with E-state index in [-0.39, 0.29) is 48.9 Å². The lowest BCUT2D eigenvalue weighted by Crippen LogP contribution is -2.62. The van der Waals surface area contributed by atoms with E-state index in [9.17, 15) is 54.0 Å². The SMILES string of the molecule is CC(C)[C@H](NC(=O)c1ncn2c(=O)n(CCCl)nnc12)C(=O)N[C@@H](CO)C(=O)N[C@H](C(=O)N[C@@H](CCCCN)C(=O)N[C@@H](Cc1ccc(O)cc1)C(=O)O)[C@@H](C)O. The number of carboxylic acid groups (broad SMARTS) is 1. The van der Waals surface area contributed by atoms with Crippen molar-refractivity contribution in [3.05, 3.63) is 52.3 Å². The molecule has 11 N–H and O–H groups in total. The van der Waals surface area contributed by atoms with Crippen LogP contribution in [0, 0.1) is 5.92 Å². The standard InChI is InChI=1S/C34H48ClN11O11/c1-17(2)24(41-32(54)26-27-43-44-46(13-11-35)34(57)45(27)16-37-26)30(52)40-23(15-47)29(51)42-25(18(3)48)31(53)38-21(6-4-5-12-36)28(50)39-22(33(55)56)14-19-7-9-20(49)10-8-19/h7-10,16-18,21-25,47-49H,4-6,11-15,36H2,1-3H3,(H,38,53)(H,39,50)(H,40,52)(H,41,54)(H,42,51)(H,55,56)/t18-,21+,22+,23+,24+,25+/m1/s1. The molecule has 1 aromatic carbocycles. The Labute approximate surface area is 330 Å². The van der Waals surface area contributed by atoms with E-state index < -0.39 is 90.0 Å². The molecule has 0 radical (unpaired) electrons. The summed E-state index contributed by atoms with van der Waals surface area (Å²) in [7, 11) is 0. The number of fused-ring (bicyclic) bond motifs is 1. The maximum atomic E-state index is 13.5. The minimum atomic E-state index is -1.73. The molecule has 0 aliphatic carbocycles. The van der Waals surface area contributed by atoms with Crippen LogP contribution in [0.15, 0.2) is 35.4 Å². The van der Waals surface area contributed by atoms with Crippen molar-refractivity contribution in [1.29, 1.82) is 0 Å². The van der Waals surface area contributed by atoms with Gasteiger partial charge in [0.25, 0.3) is 5.91 Å². The van der Waals surface area contributed by atoms with Crippen molar-refractivity contribution >= 4 is 52.8 Å². The van der Waals surface area contributed by atoms with Crippen LogP contribution in [0.3, 0.4) is 0 Å². The number of nitrogens with zero attached hydrogens (tertiary/aromatic N) is 5. The summed E-state index contributed by atoms with van der Waals surface area (Å²) in [4.78, 5) is 95.3. The van der Waals surface area contributed by atoms with Crippen molar-refractivity contribution in [3.8, 4) is 5.75 Å². The smallest absolute Gasteiger partial charge is 0.353 e. The lowest BCUT2D eigenvalue weighted by atomic mass is 10.0. The van der Waals surface area contributed by atoms with Gasteiger partial charge in [-0.25, -0.2) is 19.0 Å². The lowest BCUT2D eigenvalue weighted by Gasteiger charge is -2.28. The van der Waals surface area contributed by atoms with E-state index in [1.165, 1.54) is 31.2 Å². The van der Waals surface area contributed by atoms with E-state index in [0.29, 0.717) is 18.4 Å². The molecular weight excluding hydrogens is 774 g/mol. The fourth-order valence-electron chi connectivity index (χ4n) is 5.44. The van der Waals surface area contributed by atoms with Gasteiger partial charge in [-0.2, -0.15) is 4.68 Å². The Morgan fingerprint density at radius 1 is 0.860 bits per heavy atom. The zero-order valence-corrected chi connectivity index (χ0v) is 32.2. The first kappa shape index (κ1) is 45.7. The van der Waals surface area contributed by atoms with Crippen LogP contribution in [-0.2, 0) is 36.9 Å². The highest BCUT2D eigenvalue weighted by molar-refractivity contribution is 6.17. The topological polar surface area (TPSA) is 335 Å². The van der Waals surface area contributed by atoms with Crippen molar-refractivity contribution in [3.63, 3.8) is 0 Å². The second-order valence-corrected chi connectivity index (χ2v) is 13.7. The number of carbonyl (C=O) groups excluding carboxylic acids is 5. The van der Waals surface area contributed by atoms with E-state index in [4.69, 9.17) is 17.3 Å². The Hall–Kier alpha value is -5.71. The number of aromatic nitrogens is 5. The monoisotopic (exact) mass is 821 g/mol. The fourth-order valence-corrected chi connectivity index (χ4v) is 5.60. The van der Waals surface area contributed by atoms with Gasteiger partial charge in [0.15, 0.2) is 11.3 Å². The number of alkyl halides is 1. The Balaban J connectivity index is 1.72. The third-order valence-electron chi connectivity index (χ3n) is 8.61. The first-order valence-electron chi connectivity index (χ1n) is 17.9. The lowest BCUT2D eigenvalue weighted by molar-refractivity contribution is -0.142. The molecule has 0 unspecified atom stereocenters. The van der Waals surface area contributed by atoms with E-state index in [1.807, 2.05) is 0 Å². The van der Waals surface area contributed by atoms with Gasteiger partial charge in [0.1, 0.15) is 42.3 Å². The molecule has 23 heteroatoms. The molecule has 2 aromatic heterocycles. The van der Waals surface area contributed by atoms with Gasteiger partial charge in [-0.05, 0) is 56.3 Å². The summed E-state index contributed by atoms with van der Waals surface area (Å²) < 4.78 is 1.94. The molecule has 22 nitrogen and oxygen atoms in total. The summed E-state index contributed by atoms with van der Waals surface area (Å²) in [5.41, 5.74) is 4.89. The third-order valence-corrected chi connectivity index (χ3v) is 8.78. The Morgan fingerprint density at radius 3 is 2.05 bits per heavy atom. The van der Waals surface area contributed by atoms with Crippen molar-refractivity contribution < 1.29 is 49.2 Å². The number of unbranched alkanes of at least 4 members (excludes halogenated alkanes) is 1. The number of phenols is 1. The number of aromatic hydroxyl groups is 1. The normalized spacial score (nSPS) is 14.5. The first-order chi connectivity index (χ1) is 27.0. The van der Waals surface area contributed by atoms with E-state index in [1.54, 1.807) is 13.8 Å². The molecule has 3 rings (SSSR count). The van der Waals surface area contributed by atoms with Gasteiger partial charge >= 0.3 is 11.7 Å². The van der Waals surface area contributed by atoms with Crippen molar-refractivity contribution in [2.45, 2.75) is 89.3 Å². The van der Waals surface area contributed by atoms with Crippen LogP contribution in [0.5, 0.6) is 5.75 Å². The van der Waals surface area contributed by atoms with Crippen LogP contribution in [0.25, 0.3) is 5.65 Å². The van der Waals surface area contributed by atoms with Crippen molar-refractivity contribution in [2.24, 2.45) is 11.7 Å². The first-order valence-corrected chi connectivity index (χ1v) is 18.4. The van der Waals surface area contributed by atoms with Gasteiger partial charge in [-0.15, -0.1) is 16.7 Å². The quantitative estimate of drug-likeness (QED) is 0.0352. The van der Waals surface area contributed by atoms with Crippen LogP contribution in [0.2, 0.25) is 0 Å². The molecule has 0 aliphatic heterocycles. The predicted molar refractivity (Wildman–Crippen MR) is 201 cm³/mol. The summed E-state index contributed by atoms with van der Waals surface area (Å²) in [6, 6.07) is -1.85. The highest BCUT2D eigenvalue weighted by Gasteiger charge is 2.35. The number of aliphatic carboxylic acids is 1. The van der Waals surface area contributed by atoms with Gasteiger partial charge in [-0.3, -0.25) is 24.0 Å². The van der Waals surface area contributed by atoms with Gasteiger partial charge < -0.3 is 52.7 Å². The highest BCUT2D eigenvalue weighted by Crippen LogP contribution is 2.13. The fraction of sp³-hybridized carbons (Fsp3) is 0.529. The number of carbonyl (C=O) groups is 6. The number of aliphatic hydroxyl groups is 2. The molecule has 57 heavy (non-hydrogen) atoms. The molecule has 5 amide bonds. The number of rotatable bonds is 22. The summed E-state index contributed by atoms with van der Waals surface area (Å²) in [6.07, 6.45) is 0.114. The van der Waals surface area contributed by atoms with E-state index in [2.05, 4.69) is 41.9 Å². The Morgan fingerprint density at radius 2 is 1.47 bits per heavy atom. The molecule has 3 aromatic rings. The molecule has 0 aliphatic rings. The number of aryl methyl sites for hydroxylation is 1. The highest BCUT2D eigenvalue weighted by atomic mass is 35.5. The molecule has 6 atom stereocenters. The summed E-state index contributed by atoms with van der Waals surface area (Å²) in [5.74, 6) is -6.81. The average Bonchev–Trinajstić information content (AvgIpc) is 3.61. The van der Waals surface area contributed by atoms with Gasteiger partial charge in [0.05, 0.1) is 19.3 Å². The number of carboxylic acids is 1. The second kappa shape index (κ2) is 21.6. The van der Waals surface area contributed by atoms with Gasteiger partial charge in [-0.1, -0.05) is 31.2 Å². The Kier molecular flexibility index (Phi) is 17.3. The van der Waals surface area contributed by atoms with Crippen LogP contribution in [0.1, 0.15) is 56.1 Å². The number of phenolic OH excluding ortho intramolecular Hbond substituents is 1. The molecule has 2 heterocycles. The maximum Gasteiger partial charge on any atom is 0.353 e. The number of nitrogens with one attached hydrogen (secondary N) is 5. The maximum absolute atomic E-state index is 13.5. The minimum Gasteiger partial charge on any atom is -0.508 e. The van der Waals surface area contributed by atoms with Crippen LogP contribution in [0.4, 0.5) is 0 Å². The van der Waals surface area contributed by atoms with Crippen LogP contribution in [-0.4, -0.2) is 136 Å². The van der Waals surface area contributed by atoms with Crippen LogP contribution >= 0.6 is 11.6 Å².